The predicted octanol–water partition coefficient (Wildman–Crippen LogP) is 6.58. The van der Waals surface area contributed by atoms with Gasteiger partial charge in [-0.2, -0.15) is 8.78 Å². The molecule has 0 aliphatic heterocycles. The van der Waals surface area contributed by atoms with Gasteiger partial charge in [-0.3, -0.25) is 0 Å². The van der Waals surface area contributed by atoms with Crippen molar-refractivity contribution in [3.8, 4) is 0 Å². The molecule has 140 valence electrons. The number of halogens is 2. The van der Waals surface area contributed by atoms with Crippen molar-refractivity contribution in [2.24, 2.45) is 5.92 Å². The van der Waals surface area contributed by atoms with E-state index in [2.05, 4.69) is 11.7 Å². The third-order valence-electron chi connectivity index (χ3n) is 4.37. The second-order valence-electron chi connectivity index (χ2n) is 6.05. The highest BCUT2D eigenvalue weighted by Crippen LogP contribution is 2.37. The Kier molecular flexibility index (Phi) is 14.0. The average Bonchev–Trinajstić information content (AvgIpc) is 2.59. The van der Waals surface area contributed by atoms with E-state index < -0.39 is 12.0 Å². The lowest BCUT2D eigenvalue weighted by Crippen LogP contribution is -2.32. The van der Waals surface area contributed by atoms with Gasteiger partial charge in [-0.25, -0.2) is 0 Å². The van der Waals surface area contributed by atoms with E-state index in [9.17, 15) is 8.78 Å². The van der Waals surface area contributed by atoms with E-state index >= 15 is 0 Å². The molecule has 23 heavy (non-hydrogen) atoms. The first kappa shape index (κ1) is 22.8. The van der Waals surface area contributed by atoms with Crippen molar-refractivity contribution in [3.05, 3.63) is 0 Å². The van der Waals surface area contributed by atoms with Gasteiger partial charge in [0.2, 0.25) is 0 Å². The maximum absolute atomic E-state index is 13.1. The monoisotopic (exact) mass is 336 g/mol. The molecule has 0 atom stereocenters. The van der Waals surface area contributed by atoms with Crippen LogP contribution < -0.4 is 0 Å². The minimum absolute atomic E-state index is 0.101. The highest BCUT2D eigenvalue weighted by Gasteiger charge is 2.40. The summed E-state index contributed by atoms with van der Waals surface area (Å²) >= 11 is 0. The molecule has 0 unspecified atom stereocenters. The Morgan fingerprint density at radius 1 is 0.783 bits per heavy atom. The zero-order chi connectivity index (χ0) is 17.6. The SMILES string of the molecule is CC.CCOC(F)(F)C1CCCCC1.CCOC1CCCCC1. The van der Waals surface area contributed by atoms with Crippen LogP contribution >= 0.6 is 0 Å². The van der Waals surface area contributed by atoms with Gasteiger partial charge in [0.05, 0.1) is 18.6 Å². The summed E-state index contributed by atoms with van der Waals surface area (Å²) in [5.74, 6) is -0.536. The van der Waals surface area contributed by atoms with Gasteiger partial charge in [-0.05, 0) is 39.5 Å². The fraction of sp³-hybridized carbons (Fsp3) is 1.00. The molecule has 2 saturated carbocycles. The average molecular weight is 337 g/mol. The van der Waals surface area contributed by atoms with Crippen molar-refractivity contribution >= 4 is 0 Å². The van der Waals surface area contributed by atoms with Crippen molar-refractivity contribution in [2.75, 3.05) is 13.2 Å². The van der Waals surface area contributed by atoms with E-state index in [4.69, 9.17) is 4.74 Å². The molecule has 0 N–H and O–H groups in total. The normalized spacial score (nSPS) is 20.1. The van der Waals surface area contributed by atoms with E-state index in [1.54, 1.807) is 6.92 Å². The topological polar surface area (TPSA) is 18.5 Å². The summed E-state index contributed by atoms with van der Waals surface area (Å²) in [4.78, 5) is 0. The zero-order valence-electron chi connectivity index (χ0n) is 15.7. The number of ether oxygens (including phenoxy) is 2. The summed E-state index contributed by atoms with van der Waals surface area (Å²) in [6.45, 7) is 8.68. The Morgan fingerprint density at radius 2 is 1.26 bits per heavy atom. The van der Waals surface area contributed by atoms with Crippen molar-refractivity contribution in [1.29, 1.82) is 0 Å². The summed E-state index contributed by atoms with van der Waals surface area (Å²) in [5, 5.41) is 0. The van der Waals surface area contributed by atoms with Crippen LogP contribution in [0.15, 0.2) is 0 Å². The fourth-order valence-electron chi connectivity index (χ4n) is 3.22. The van der Waals surface area contributed by atoms with E-state index in [1.807, 2.05) is 13.8 Å². The van der Waals surface area contributed by atoms with Gasteiger partial charge in [0.25, 0.3) is 0 Å². The molecule has 2 fully saturated rings. The third kappa shape index (κ3) is 10.3. The standard InChI is InChI=1S/C9H16F2O.C8H16O.C2H6/c1-2-12-9(10,11)8-6-4-3-5-7-8;1-2-9-8-6-4-3-5-7-8;1-2/h8H,2-7H2,1H3;8H,2-7H2,1H3;1-2H3. The second kappa shape index (κ2) is 14.2. The Hall–Kier alpha value is -0.220. The zero-order valence-corrected chi connectivity index (χ0v) is 15.7. The fourth-order valence-corrected chi connectivity index (χ4v) is 3.22. The van der Waals surface area contributed by atoms with Crippen LogP contribution in [-0.4, -0.2) is 25.4 Å². The summed E-state index contributed by atoms with van der Waals surface area (Å²) in [7, 11) is 0. The Labute approximate surface area is 142 Å². The first-order valence-corrected chi connectivity index (χ1v) is 9.73. The summed E-state index contributed by atoms with van der Waals surface area (Å²) in [5.41, 5.74) is 0. The van der Waals surface area contributed by atoms with Crippen LogP contribution in [-0.2, 0) is 9.47 Å². The van der Waals surface area contributed by atoms with Crippen molar-refractivity contribution < 1.29 is 18.3 Å². The van der Waals surface area contributed by atoms with Crippen molar-refractivity contribution in [3.63, 3.8) is 0 Å². The minimum atomic E-state index is -2.88. The molecule has 0 spiro atoms. The van der Waals surface area contributed by atoms with Gasteiger partial charge in [-0.15, -0.1) is 0 Å². The largest absolute Gasteiger partial charge is 0.379 e. The molecular weight excluding hydrogens is 298 g/mol. The van der Waals surface area contributed by atoms with Gasteiger partial charge in [0.1, 0.15) is 0 Å². The quantitative estimate of drug-likeness (QED) is 0.564. The molecule has 0 saturated heterocycles. The maximum atomic E-state index is 13.1. The van der Waals surface area contributed by atoms with E-state index in [1.165, 1.54) is 32.1 Å². The first-order chi connectivity index (χ1) is 11.1. The molecule has 2 aliphatic carbocycles. The van der Waals surface area contributed by atoms with Crippen LogP contribution in [0.25, 0.3) is 0 Å². The molecule has 2 nitrogen and oxygen atoms in total. The van der Waals surface area contributed by atoms with E-state index in [0.29, 0.717) is 18.9 Å². The molecule has 4 heteroatoms. The molecule has 0 amide bonds. The maximum Gasteiger partial charge on any atom is 0.358 e. The number of alkyl halides is 2. The predicted molar refractivity (Wildman–Crippen MR) is 93.0 cm³/mol. The summed E-state index contributed by atoms with van der Waals surface area (Å²) in [6, 6.07) is 0. The summed E-state index contributed by atoms with van der Waals surface area (Å²) < 4.78 is 36.1. The van der Waals surface area contributed by atoms with Crippen LogP contribution in [0.4, 0.5) is 8.78 Å². The van der Waals surface area contributed by atoms with E-state index in [0.717, 1.165) is 25.9 Å². The lowest BCUT2D eigenvalue weighted by Gasteiger charge is -2.28. The van der Waals surface area contributed by atoms with Crippen LogP contribution in [0, 0.1) is 5.92 Å². The van der Waals surface area contributed by atoms with Crippen molar-refractivity contribution in [2.45, 2.75) is 104 Å². The second-order valence-corrected chi connectivity index (χ2v) is 6.05. The molecule has 0 aromatic heterocycles. The highest BCUT2D eigenvalue weighted by atomic mass is 19.3. The number of hydrogen-bond acceptors (Lipinski definition) is 2. The summed E-state index contributed by atoms with van der Waals surface area (Å²) in [6.07, 6.45) is 8.68. The van der Waals surface area contributed by atoms with Crippen LogP contribution in [0.5, 0.6) is 0 Å². The van der Waals surface area contributed by atoms with E-state index in [-0.39, 0.29) is 6.61 Å². The van der Waals surface area contributed by atoms with Crippen LogP contribution in [0.3, 0.4) is 0 Å². The lowest BCUT2D eigenvalue weighted by molar-refractivity contribution is -0.273. The van der Waals surface area contributed by atoms with Gasteiger partial charge in [-0.1, -0.05) is 52.4 Å². The molecule has 0 aromatic rings. The number of rotatable bonds is 5. The van der Waals surface area contributed by atoms with Crippen LogP contribution in [0.2, 0.25) is 0 Å². The molecular formula is C19H38F2O2. The number of hydrogen-bond donors (Lipinski definition) is 0. The Balaban J connectivity index is 0.000000392. The Bertz CT molecular complexity index is 245. The molecule has 0 aromatic carbocycles. The highest BCUT2D eigenvalue weighted by molar-refractivity contribution is 4.73. The molecule has 2 aliphatic rings. The smallest absolute Gasteiger partial charge is 0.358 e. The lowest BCUT2D eigenvalue weighted by atomic mass is 9.88. The van der Waals surface area contributed by atoms with Gasteiger partial charge in [0, 0.05) is 6.61 Å². The Morgan fingerprint density at radius 3 is 1.70 bits per heavy atom. The van der Waals surface area contributed by atoms with Gasteiger partial charge < -0.3 is 9.47 Å². The molecule has 0 radical (unpaired) electrons. The van der Waals surface area contributed by atoms with Crippen LogP contribution in [0.1, 0.15) is 91.9 Å². The first-order valence-electron chi connectivity index (χ1n) is 9.73. The molecule has 0 heterocycles. The molecule has 2 rings (SSSR count). The third-order valence-corrected chi connectivity index (χ3v) is 4.37. The minimum Gasteiger partial charge on any atom is -0.379 e. The molecule has 0 bridgehead atoms. The van der Waals surface area contributed by atoms with Gasteiger partial charge in [0.15, 0.2) is 0 Å². The van der Waals surface area contributed by atoms with Crippen molar-refractivity contribution in [1.82, 2.24) is 0 Å². The van der Waals surface area contributed by atoms with Gasteiger partial charge >= 0.3 is 6.11 Å².